The second-order valence-corrected chi connectivity index (χ2v) is 5.21. The van der Waals surface area contributed by atoms with Gasteiger partial charge in [-0.05, 0) is 28.9 Å². The molecule has 0 aliphatic carbocycles. The van der Waals surface area contributed by atoms with Crippen LogP contribution in [0.2, 0.25) is 0 Å². The van der Waals surface area contributed by atoms with E-state index >= 15 is 0 Å². The van der Waals surface area contributed by atoms with Crippen molar-refractivity contribution < 1.29 is 4.74 Å². The number of aromatic nitrogens is 2. The summed E-state index contributed by atoms with van der Waals surface area (Å²) in [6.07, 6.45) is 1.79. The highest BCUT2D eigenvalue weighted by Crippen LogP contribution is 2.37. The molecule has 2 aromatic rings. The first-order chi connectivity index (χ1) is 9.29. The fourth-order valence-electron chi connectivity index (χ4n) is 2.22. The average Bonchev–Trinajstić information content (AvgIpc) is 2.85. The van der Waals surface area contributed by atoms with Crippen LogP contribution in [0.25, 0.3) is 0 Å². The maximum Gasteiger partial charge on any atom is 0.144 e. The minimum Gasteiger partial charge on any atom is -0.492 e. The highest BCUT2D eigenvalue weighted by Gasteiger charge is 2.27. The fourth-order valence-corrected chi connectivity index (χ4v) is 2.55. The number of anilines is 1. The molecule has 19 heavy (non-hydrogen) atoms. The Morgan fingerprint density at radius 1 is 1.42 bits per heavy atom. The Morgan fingerprint density at radius 3 is 3.11 bits per heavy atom. The number of para-hydroxylation sites is 1. The number of nitrogens with one attached hydrogen (secondary N) is 1. The molecule has 0 radical (unpaired) electrons. The number of hydrogen-bond donors (Lipinski definition) is 1. The van der Waals surface area contributed by atoms with Gasteiger partial charge in [0.15, 0.2) is 0 Å². The first-order valence-electron chi connectivity index (χ1n) is 6.27. The molecule has 0 amide bonds. The van der Waals surface area contributed by atoms with Gasteiger partial charge in [0.25, 0.3) is 0 Å². The summed E-state index contributed by atoms with van der Waals surface area (Å²) in [5.74, 6) is 2.67. The zero-order valence-electron chi connectivity index (χ0n) is 10.6. The number of ether oxygens (including phenoxy) is 1. The molecule has 1 N–H and O–H groups in total. The molecule has 0 fully saturated rings. The van der Waals surface area contributed by atoms with Crippen LogP contribution in [0.4, 0.5) is 5.82 Å². The van der Waals surface area contributed by atoms with Crippen LogP contribution in [0.1, 0.15) is 24.2 Å². The lowest BCUT2D eigenvalue weighted by molar-refractivity contribution is 0.340. The first kappa shape index (κ1) is 12.4. The normalized spacial score (nSPS) is 16.8. The van der Waals surface area contributed by atoms with E-state index < -0.39 is 0 Å². The van der Waals surface area contributed by atoms with Crippen molar-refractivity contribution in [2.45, 2.75) is 12.8 Å². The smallest absolute Gasteiger partial charge is 0.144 e. The summed E-state index contributed by atoms with van der Waals surface area (Å²) in [5, 5.41) is 3.22. The predicted molar refractivity (Wildman–Crippen MR) is 77.7 cm³/mol. The third-order valence-corrected chi connectivity index (χ3v) is 3.70. The zero-order chi connectivity index (χ0) is 13.2. The number of nitrogens with zero attached hydrogens (tertiary/aromatic N) is 2. The molecule has 1 aromatic heterocycles. The lowest BCUT2D eigenvalue weighted by Crippen LogP contribution is -2.10. The molecule has 4 nitrogen and oxygen atoms in total. The van der Waals surface area contributed by atoms with Crippen LogP contribution in [-0.2, 0) is 0 Å². The van der Waals surface area contributed by atoms with Crippen LogP contribution in [0.15, 0.2) is 34.9 Å². The number of halogens is 1. The Balaban J connectivity index is 1.98. The van der Waals surface area contributed by atoms with Gasteiger partial charge >= 0.3 is 0 Å². The molecule has 1 aliphatic rings. The predicted octanol–water partition coefficient (Wildman–Crippen LogP) is 3.20. The highest BCUT2D eigenvalue weighted by atomic mass is 79.9. The first-order valence-corrected chi connectivity index (χ1v) is 7.07. The molecule has 0 spiro atoms. The summed E-state index contributed by atoms with van der Waals surface area (Å²) in [7, 11) is 0. The van der Waals surface area contributed by atoms with E-state index in [4.69, 9.17) is 4.74 Å². The molecule has 2 heterocycles. The van der Waals surface area contributed by atoms with Gasteiger partial charge in [-0.3, -0.25) is 0 Å². The molecule has 5 heteroatoms. The largest absolute Gasteiger partial charge is 0.492 e. The summed E-state index contributed by atoms with van der Waals surface area (Å²) in [6.45, 7) is 3.47. The minimum absolute atomic E-state index is 0.113. The van der Waals surface area contributed by atoms with Crippen molar-refractivity contribution in [2.75, 3.05) is 18.5 Å². The van der Waals surface area contributed by atoms with E-state index in [1.807, 2.05) is 25.1 Å². The van der Waals surface area contributed by atoms with Gasteiger partial charge in [0.1, 0.15) is 24.0 Å². The summed E-state index contributed by atoms with van der Waals surface area (Å²) in [5.41, 5.74) is 1.16. The van der Waals surface area contributed by atoms with Crippen molar-refractivity contribution in [3.8, 4) is 5.75 Å². The second-order valence-electron chi connectivity index (χ2n) is 4.36. The summed E-state index contributed by atoms with van der Waals surface area (Å²) >= 11 is 3.45. The van der Waals surface area contributed by atoms with Gasteiger partial charge < -0.3 is 10.1 Å². The third kappa shape index (κ3) is 2.30. The van der Waals surface area contributed by atoms with Crippen LogP contribution in [0.5, 0.6) is 5.75 Å². The molecule has 0 saturated carbocycles. The van der Waals surface area contributed by atoms with Gasteiger partial charge in [0.2, 0.25) is 0 Å². The Kier molecular flexibility index (Phi) is 3.38. The van der Waals surface area contributed by atoms with Crippen molar-refractivity contribution in [1.29, 1.82) is 0 Å². The van der Waals surface area contributed by atoms with E-state index in [1.54, 1.807) is 6.20 Å². The third-order valence-electron chi connectivity index (χ3n) is 3.12. The minimum atomic E-state index is 0.113. The second kappa shape index (κ2) is 5.17. The molecule has 3 rings (SSSR count). The van der Waals surface area contributed by atoms with Gasteiger partial charge in [0.05, 0.1) is 10.4 Å². The lowest BCUT2D eigenvalue weighted by atomic mass is 10.0. The van der Waals surface area contributed by atoms with Crippen molar-refractivity contribution in [3.63, 3.8) is 0 Å². The summed E-state index contributed by atoms with van der Waals surface area (Å²) < 4.78 is 6.56. The van der Waals surface area contributed by atoms with Gasteiger partial charge in [-0.2, -0.15) is 0 Å². The van der Waals surface area contributed by atoms with Crippen LogP contribution in [-0.4, -0.2) is 23.1 Å². The molecular formula is C14H14BrN3O. The monoisotopic (exact) mass is 319 g/mol. The van der Waals surface area contributed by atoms with Crippen LogP contribution in [0, 0.1) is 0 Å². The van der Waals surface area contributed by atoms with Gasteiger partial charge in [-0.1, -0.05) is 18.2 Å². The van der Waals surface area contributed by atoms with Gasteiger partial charge in [0, 0.05) is 18.3 Å². The molecular weight excluding hydrogens is 306 g/mol. The molecule has 1 unspecified atom stereocenters. The summed E-state index contributed by atoms with van der Waals surface area (Å²) in [4.78, 5) is 9.02. The molecule has 0 bridgehead atoms. The Bertz CT molecular complexity index is 603. The molecule has 1 aliphatic heterocycles. The van der Waals surface area contributed by atoms with E-state index in [0.29, 0.717) is 6.61 Å². The molecule has 1 atom stereocenters. The SMILES string of the molecule is CCNc1nc(C2COc3ccccc32)ncc1Br. The molecule has 1 aromatic carbocycles. The Hall–Kier alpha value is -1.62. The maximum atomic E-state index is 5.68. The molecule has 98 valence electrons. The van der Waals surface area contributed by atoms with Crippen LogP contribution < -0.4 is 10.1 Å². The van der Waals surface area contributed by atoms with Crippen LogP contribution in [0.3, 0.4) is 0 Å². The van der Waals surface area contributed by atoms with Crippen molar-refractivity contribution in [2.24, 2.45) is 0 Å². The van der Waals surface area contributed by atoms with E-state index in [2.05, 4.69) is 37.3 Å². The highest BCUT2D eigenvalue weighted by molar-refractivity contribution is 9.10. The van der Waals surface area contributed by atoms with Gasteiger partial charge in [-0.25, -0.2) is 9.97 Å². The quantitative estimate of drug-likeness (QED) is 0.943. The van der Waals surface area contributed by atoms with Crippen LogP contribution >= 0.6 is 15.9 Å². The standard InChI is InChI=1S/C14H14BrN3O/c1-2-16-14-11(15)7-17-13(18-14)10-8-19-12-6-4-3-5-9(10)12/h3-7,10H,2,8H2,1H3,(H,16,17,18). The summed E-state index contributed by atoms with van der Waals surface area (Å²) in [6, 6.07) is 8.06. The average molecular weight is 320 g/mol. The number of hydrogen-bond acceptors (Lipinski definition) is 4. The van der Waals surface area contributed by atoms with E-state index in [1.165, 1.54) is 0 Å². The molecule has 0 saturated heterocycles. The fraction of sp³-hybridized carbons (Fsp3) is 0.286. The van der Waals surface area contributed by atoms with Crippen molar-refractivity contribution in [3.05, 3.63) is 46.3 Å². The van der Waals surface area contributed by atoms with E-state index in [0.717, 1.165) is 34.0 Å². The van der Waals surface area contributed by atoms with E-state index in [-0.39, 0.29) is 5.92 Å². The van der Waals surface area contributed by atoms with Gasteiger partial charge in [-0.15, -0.1) is 0 Å². The number of rotatable bonds is 3. The zero-order valence-corrected chi connectivity index (χ0v) is 12.1. The maximum absolute atomic E-state index is 5.68. The van der Waals surface area contributed by atoms with Crippen molar-refractivity contribution >= 4 is 21.7 Å². The van der Waals surface area contributed by atoms with E-state index in [9.17, 15) is 0 Å². The Labute approximate surface area is 120 Å². The lowest BCUT2D eigenvalue weighted by Gasteiger charge is -2.11. The Morgan fingerprint density at radius 2 is 2.26 bits per heavy atom. The number of fused-ring (bicyclic) bond motifs is 1. The van der Waals surface area contributed by atoms with Crippen molar-refractivity contribution in [1.82, 2.24) is 9.97 Å². The topological polar surface area (TPSA) is 47.0 Å². The number of benzene rings is 1.